The van der Waals surface area contributed by atoms with Crippen LogP contribution in [0.5, 0.6) is 0 Å². The van der Waals surface area contributed by atoms with E-state index in [1.54, 1.807) is 18.2 Å². The summed E-state index contributed by atoms with van der Waals surface area (Å²) in [5.41, 5.74) is 1.03. The number of carbonyl (C=O) groups excluding carboxylic acids is 3. The fourth-order valence-electron chi connectivity index (χ4n) is 1.27. The van der Waals surface area contributed by atoms with E-state index in [1.807, 2.05) is 0 Å². The Morgan fingerprint density at radius 2 is 1.29 bits per heavy atom. The van der Waals surface area contributed by atoms with Crippen molar-refractivity contribution >= 4 is 70.3 Å². The van der Waals surface area contributed by atoms with Crippen LogP contribution in [0, 0.1) is 0 Å². The van der Waals surface area contributed by atoms with Crippen molar-refractivity contribution < 1.29 is 14.4 Å². The highest BCUT2D eigenvalue weighted by Gasteiger charge is 1.99. The third kappa shape index (κ3) is 11.6. The zero-order valence-corrected chi connectivity index (χ0v) is 18.0. The molecule has 2 rings (SSSR count). The lowest BCUT2D eigenvalue weighted by Crippen LogP contribution is -1.84. The topological polar surface area (TPSA) is 77.0 Å². The molecule has 0 saturated carbocycles. The Hall–Kier alpha value is -2.05. The summed E-state index contributed by atoms with van der Waals surface area (Å²) in [6.45, 7) is 6.14. The summed E-state index contributed by atoms with van der Waals surface area (Å²) < 4.78 is 0. The first-order valence-electron chi connectivity index (χ1n) is 7.51. The zero-order chi connectivity index (χ0) is 21.7. The molecule has 0 radical (unpaired) electrons. The van der Waals surface area contributed by atoms with E-state index in [-0.39, 0.29) is 21.9 Å². The number of rotatable bonds is 4. The lowest BCUT2D eigenvalue weighted by molar-refractivity contribution is -0.113. The molecule has 28 heavy (non-hydrogen) atoms. The Morgan fingerprint density at radius 3 is 1.61 bits per heavy atom. The van der Waals surface area contributed by atoms with Gasteiger partial charge in [-0.25, -0.2) is 9.97 Å². The van der Waals surface area contributed by atoms with Gasteiger partial charge in [-0.2, -0.15) is 0 Å². The minimum absolute atomic E-state index is 0.0185. The molecule has 0 N–H and O–H groups in total. The first kappa shape index (κ1) is 26.0. The van der Waals surface area contributed by atoms with Crippen LogP contribution in [0.4, 0.5) is 0 Å². The highest BCUT2D eigenvalue weighted by Crippen LogP contribution is 2.17. The van der Waals surface area contributed by atoms with Gasteiger partial charge in [-0.05, 0) is 56.3 Å². The van der Waals surface area contributed by atoms with Crippen LogP contribution in [0.1, 0.15) is 29.8 Å². The molecule has 0 bridgehead atoms. The van der Waals surface area contributed by atoms with Gasteiger partial charge in [-0.1, -0.05) is 53.0 Å². The molecule has 148 valence electrons. The van der Waals surface area contributed by atoms with Crippen LogP contribution in [0.25, 0.3) is 6.08 Å². The molecule has 0 atom stereocenters. The Bertz CT molecular complexity index is 883. The van der Waals surface area contributed by atoms with Crippen LogP contribution >= 0.6 is 46.4 Å². The van der Waals surface area contributed by atoms with Gasteiger partial charge in [-0.3, -0.25) is 14.4 Å². The minimum atomic E-state index is -0.0361. The highest BCUT2D eigenvalue weighted by atomic mass is 35.5. The van der Waals surface area contributed by atoms with Crippen molar-refractivity contribution in [1.82, 2.24) is 9.97 Å². The van der Waals surface area contributed by atoms with Gasteiger partial charge in [0.15, 0.2) is 17.9 Å². The molecule has 0 aliphatic heterocycles. The van der Waals surface area contributed by atoms with Crippen molar-refractivity contribution in [3.8, 4) is 0 Å². The van der Waals surface area contributed by atoms with Gasteiger partial charge in [0, 0.05) is 5.56 Å². The molecule has 0 aliphatic rings. The quantitative estimate of drug-likeness (QED) is 0.319. The summed E-state index contributed by atoms with van der Waals surface area (Å²) in [6, 6.07) is 6.35. The zero-order valence-electron chi connectivity index (χ0n) is 15.0. The average molecular weight is 462 g/mol. The van der Waals surface area contributed by atoms with Crippen LogP contribution in [0.3, 0.4) is 0 Å². The Balaban J connectivity index is 0.000000431. The molecule has 5 nitrogen and oxygen atoms in total. The maximum absolute atomic E-state index is 10.6. The number of hydrogen-bond acceptors (Lipinski definition) is 5. The summed E-state index contributed by atoms with van der Waals surface area (Å²) in [6.07, 6.45) is 4.94. The molecule has 0 saturated heterocycles. The average Bonchev–Trinajstić information content (AvgIpc) is 2.62. The largest absolute Gasteiger partial charge is 0.298 e. The molecule has 0 amide bonds. The number of carbonyl (C=O) groups is 3. The van der Waals surface area contributed by atoms with Crippen LogP contribution in [0.15, 0.2) is 43.0 Å². The number of ketones is 2. The van der Waals surface area contributed by atoms with E-state index in [9.17, 15) is 14.4 Å². The maximum atomic E-state index is 10.6. The van der Waals surface area contributed by atoms with Crippen LogP contribution in [0.2, 0.25) is 20.6 Å². The van der Waals surface area contributed by atoms with Gasteiger partial charge in [0.05, 0.1) is 5.56 Å². The number of allylic oxidation sites excluding steroid dienone is 2. The minimum Gasteiger partial charge on any atom is -0.298 e. The van der Waals surface area contributed by atoms with Gasteiger partial charge in [0.2, 0.25) is 0 Å². The Morgan fingerprint density at radius 1 is 0.857 bits per heavy atom. The number of aldehydes is 1. The lowest BCUT2D eigenvalue weighted by Gasteiger charge is -1.96. The normalized spacial score (nSPS) is 9.50. The van der Waals surface area contributed by atoms with Crippen molar-refractivity contribution in [3.63, 3.8) is 0 Å². The summed E-state index contributed by atoms with van der Waals surface area (Å²) in [5, 5.41) is 1.06. The van der Waals surface area contributed by atoms with Crippen molar-refractivity contribution in [3.05, 3.63) is 74.7 Å². The third-order valence-electron chi connectivity index (χ3n) is 2.60. The predicted octanol–water partition coefficient (Wildman–Crippen LogP) is 5.95. The fourth-order valence-corrected chi connectivity index (χ4v) is 2.06. The molecule has 2 aromatic rings. The maximum Gasteiger partial charge on any atom is 0.153 e. The summed E-state index contributed by atoms with van der Waals surface area (Å²) in [7, 11) is 0. The SMILES string of the molecule is C=CC(C)=O.CC(=O)C=Cc1ccc(Cl)nc1Cl.O=Cc1ccc(Cl)nc1Cl. The Kier molecular flexibility index (Phi) is 13.0. The van der Waals surface area contributed by atoms with E-state index in [1.165, 1.54) is 38.1 Å². The fraction of sp³-hybridized carbons (Fsp3) is 0.105. The first-order chi connectivity index (χ1) is 13.1. The summed E-state index contributed by atoms with van der Waals surface area (Å²) in [4.78, 5) is 37.9. The van der Waals surface area contributed by atoms with Crippen molar-refractivity contribution in [2.75, 3.05) is 0 Å². The molecule has 0 aliphatic carbocycles. The second-order valence-corrected chi connectivity index (χ2v) is 6.40. The van der Waals surface area contributed by atoms with Gasteiger partial charge in [-0.15, -0.1) is 0 Å². The Labute approximate surface area is 183 Å². The van der Waals surface area contributed by atoms with Gasteiger partial charge in [0.1, 0.15) is 20.6 Å². The second-order valence-electron chi connectivity index (χ2n) is 4.90. The number of halogens is 4. The number of hydrogen-bond donors (Lipinski definition) is 0. The van der Waals surface area contributed by atoms with Crippen molar-refractivity contribution in [2.24, 2.45) is 0 Å². The van der Waals surface area contributed by atoms with Gasteiger partial charge >= 0.3 is 0 Å². The molecule has 0 aromatic carbocycles. The van der Waals surface area contributed by atoms with E-state index >= 15 is 0 Å². The standard InChI is InChI=1S/C9H7Cl2NO.C6H3Cl2NO.C4H6O/c1-6(13)2-3-7-4-5-8(10)12-9(7)11;7-5-2-1-4(3-10)6(8)9-5;1-3-4(2)5/h2-5H,1H3;1-3H;3H,1H2,2H3. The number of nitrogens with zero attached hydrogens (tertiary/aromatic N) is 2. The van der Waals surface area contributed by atoms with Crippen LogP contribution in [-0.4, -0.2) is 27.8 Å². The van der Waals surface area contributed by atoms with Crippen molar-refractivity contribution in [2.45, 2.75) is 13.8 Å². The van der Waals surface area contributed by atoms with E-state index in [0.717, 1.165) is 0 Å². The van der Waals surface area contributed by atoms with E-state index in [0.29, 0.717) is 27.7 Å². The third-order valence-corrected chi connectivity index (χ3v) is 3.63. The van der Waals surface area contributed by atoms with Gasteiger partial charge in [0.25, 0.3) is 0 Å². The first-order valence-corrected chi connectivity index (χ1v) is 9.02. The molecular weight excluding hydrogens is 446 g/mol. The van der Waals surface area contributed by atoms with E-state index < -0.39 is 0 Å². The van der Waals surface area contributed by atoms with Gasteiger partial charge < -0.3 is 0 Å². The molecule has 2 heterocycles. The molecular formula is C19H16Cl4N2O3. The summed E-state index contributed by atoms with van der Waals surface area (Å²) >= 11 is 22.3. The second kappa shape index (κ2) is 14.0. The van der Waals surface area contributed by atoms with Crippen LogP contribution in [-0.2, 0) is 9.59 Å². The van der Waals surface area contributed by atoms with Crippen molar-refractivity contribution in [1.29, 1.82) is 0 Å². The molecule has 0 spiro atoms. The highest BCUT2D eigenvalue weighted by molar-refractivity contribution is 6.34. The molecule has 9 heteroatoms. The smallest absolute Gasteiger partial charge is 0.153 e. The predicted molar refractivity (Wildman–Crippen MR) is 114 cm³/mol. The number of aromatic nitrogens is 2. The summed E-state index contributed by atoms with van der Waals surface area (Å²) in [5.74, 6) is -0.0176. The lowest BCUT2D eigenvalue weighted by atomic mass is 10.2. The van der Waals surface area contributed by atoms with E-state index in [2.05, 4.69) is 16.5 Å². The number of pyridine rings is 2. The molecule has 0 unspecified atom stereocenters. The molecule has 0 fully saturated rings. The monoisotopic (exact) mass is 460 g/mol. The van der Waals surface area contributed by atoms with Crippen LogP contribution < -0.4 is 0 Å². The molecule has 2 aromatic heterocycles. The van der Waals surface area contributed by atoms with E-state index in [4.69, 9.17) is 46.4 Å².